The van der Waals surface area contributed by atoms with E-state index in [0.29, 0.717) is 25.3 Å². The fourth-order valence-electron chi connectivity index (χ4n) is 6.47. The summed E-state index contributed by atoms with van der Waals surface area (Å²) in [4.78, 5) is 14.3. The molecule has 0 aliphatic carbocycles. The third-order valence-electron chi connectivity index (χ3n) is 8.61. The van der Waals surface area contributed by atoms with Gasteiger partial charge in [0.25, 0.3) is 5.91 Å². The lowest BCUT2D eigenvalue weighted by Gasteiger charge is -2.30. The van der Waals surface area contributed by atoms with Crippen LogP contribution >= 0.6 is 0 Å². The highest BCUT2D eigenvalue weighted by Crippen LogP contribution is 2.43. The SMILES string of the molecule is CC(C)c1c(C(=O)Nc2ccccc2)c(-c2ccccc2)c(-c2ccc(F)cc2)n1CC[C@@H]1C[C@@H](OCc2ccccc2)CCO1. The van der Waals surface area contributed by atoms with Crippen LogP contribution in [-0.2, 0) is 22.6 Å². The maximum atomic E-state index is 14.3. The van der Waals surface area contributed by atoms with E-state index in [4.69, 9.17) is 9.47 Å². The number of para-hydroxylation sites is 1. The average Bonchev–Trinajstić information content (AvgIpc) is 3.44. The molecule has 5 nitrogen and oxygen atoms in total. The molecule has 0 saturated carbocycles. The molecule has 1 fully saturated rings. The molecule has 6 heteroatoms. The molecular weight excluding hydrogens is 575 g/mol. The van der Waals surface area contributed by atoms with E-state index in [1.807, 2.05) is 78.9 Å². The Morgan fingerprint density at radius 2 is 1.54 bits per heavy atom. The fraction of sp³-hybridized carbons (Fsp3) is 0.275. The van der Waals surface area contributed by atoms with Gasteiger partial charge >= 0.3 is 0 Å². The van der Waals surface area contributed by atoms with Gasteiger partial charge in [-0.05, 0) is 78.3 Å². The van der Waals surface area contributed by atoms with E-state index in [2.05, 4.69) is 35.9 Å². The number of halogens is 1. The minimum Gasteiger partial charge on any atom is -0.378 e. The second-order valence-electron chi connectivity index (χ2n) is 12.2. The molecule has 6 rings (SSSR count). The average molecular weight is 617 g/mol. The van der Waals surface area contributed by atoms with Crippen LogP contribution in [-0.4, -0.2) is 29.3 Å². The van der Waals surface area contributed by atoms with Gasteiger partial charge in [-0.3, -0.25) is 4.79 Å². The minimum absolute atomic E-state index is 0.0137. The van der Waals surface area contributed by atoms with Gasteiger partial charge < -0.3 is 19.4 Å². The first-order valence-corrected chi connectivity index (χ1v) is 16.2. The summed E-state index contributed by atoms with van der Waals surface area (Å²) in [5.41, 5.74) is 7.02. The van der Waals surface area contributed by atoms with Crippen molar-refractivity contribution < 1.29 is 18.7 Å². The molecule has 1 amide bonds. The Morgan fingerprint density at radius 1 is 0.891 bits per heavy atom. The van der Waals surface area contributed by atoms with Crippen molar-refractivity contribution >= 4 is 11.6 Å². The summed E-state index contributed by atoms with van der Waals surface area (Å²) in [6.07, 6.45) is 2.56. The molecule has 1 aliphatic rings. The topological polar surface area (TPSA) is 52.5 Å². The molecule has 0 spiro atoms. The van der Waals surface area contributed by atoms with Gasteiger partial charge in [-0.25, -0.2) is 4.39 Å². The number of aromatic nitrogens is 1. The largest absolute Gasteiger partial charge is 0.378 e. The van der Waals surface area contributed by atoms with Gasteiger partial charge in [-0.1, -0.05) is 92.7 Å². The Labute approximate surface area is 271 Å². The Balaban J connectivity index is 1.38. The number of nitrogens with one attached hydrogen (secondary N) is 1. The van der Waals surface area contributed by atoms with Crippen LogP contribution in [0.15, 0.2) is 115 Å². The summed E-state index contributed by atoms with van der Waals surface area (Å²) in [6, 6.07) is 36.4. The standard InChI is InChI=1S/C40H41FN2O3/c1-28(2)38-37(40(44)42-33-16-10-5-11-17-33)36(30-14-8-4-9-15-30)39(31-18-20-32(41)21-19-31)43(38)24-22-34-26-35(23-25-45-34)46-27-29-12-6-3-7-13-29/h3-21,28,34-35H,22-27H2,1-2H3,(H,42,44)/t34-,35+/m1/s1. The molecule has 1 aromatic heterocycles. The van der Waals surface area contributed by atoms with E-state index in [1.165, 1.54) is 12.1 Å². The number of hydrogen-bond acceptors (Lipinski definition) is 3. The number of anilines is 1. The third-order valence-corrected chi connectivity index (χ3v) is 8.61. The molecule has 0 radical (unpaired) electrons. The predicted octanol–water partition coefficient (Wildman–Crippen LogP) is 9.49. The minimum atomic E-state index is -0.300. The van der Waals surface area contributed by atoms with Crippen molar-refractivity contribution in [2.75, 3.05) is 11.9 Å². The highest BCUT2D eigenvalue weighted by Gasteiger charge is 2.31. The summed E-state index contributed by atoms with van der Waals surface area (Å²) in [7, 11) is 0. The Morgan fingerprint density at radius 3 is 2.22 bits per heavy atom. The number of benzene rings is 4. The van der Waals surface area contributed by atoms with Crippen molar-refractivity contribution in [2.45, 2.75) is 64.4 Å². The number of carbonyl (C=O) groups excluding carboxylic acids is 1. The van der Waals surface area contributed by atoms with Gasteiger partial charge in [0.1, 0.15) is 5.82 Å². The van der Waals surface area contributed by atoms with Gasteiger partial charge in [0.05, 0.1) is 30.1 Å². The van der Waals surface area contributed by atoms with Crippen molar-refractivity contribution in [2.24, 2.45) is 0 Å². The number of ether oxygens (including phenoxy) is 2. The van der Waals surface area contributed by atoms with Crippen LogP contribution in [0.3, 0.4) is 0 Å². The normalized spacial score (nSPS) is 16.4. The molecule has 1 saturated heterocycles. The second kappa shape index (κ2) is 14.7. The lowest BCUT2D eigenvalue weighted by atomic mass is 9.94. The number of amides is 1. The molecule has 1 N–H and O–H groups in total. The molecule has 5 aromatic rings. The van der Waals surface area contributed by atoms with E-state index < -0.39 is 0 Å². The highest BCUT2D eigenvalue weighted by molar-refractivity contribution is 6.12. The number of nitrogens with zero attached hydrogens (tertiary/aromatic N) is 1. The van der Waals surface area contributed by atoms with Gasteiger partial charge in [0.2, 0.25) is 0 Å². The molecule has 236 valence electrons. The summed E-state index contributed by atoms with van der Waals surface area (Å²) in [6.45, 7) is 6.12. The van der Waals surface area contributed by atoms with Crippen LogP contribution in [0.5, 0.6) is 0 Å². The van der Waals surface area contributed by atoms with E-state index in [9.17, 15) is 9.18 Å². The predicted molar refractivity (Wildman–Crippen MR) is 182 cm³/mol. The zero-order valence-electron chi connectivity index (χ0n) is 26.5. The molecule has 2 heterocycles. The quantitative estimate of drug-likeness (QED) is 0.161. The van der Waals surface area contributed by atoms with Crippen molar-refractivity contribution in [3.8, 4) is 22.4 Å². The van der Waals surface area contributed by atoms with E-state index in [-0.39, 0.29) is 29.9 Å². The van der Waals surface area contributed by atoms with Crippen molar-refractivity contribution in [1.82, 2.24) is 4.57 Å². The van der Waals surface area contributed by atoms with Crippen LogP contribution in [0.1, 0.15) is 60.6 Å². The number of rotatable bonds is 11. The molecule has 2 atom stereocenters. The van der Waals surface area contributed by atoms with E-state index in [1.54, 1.807) is 12.1 Å². The second-order valence-corrected chi connectivity index (χ2v) is 12.2. The summed E-state index contributed by atoms with van der Waals surface area (Å²) < 4.78 is 29.1. The van der Waals surface area contributed by atoms with Crippen LogP contribution in [0, 0.1) is 5.82 Å². The molecule has 4 aromatic carbocycles. The van der Waals surface area contributed by atoms with Crippen molar-refractivity contribution in [3.63, 3.8) is 0 Å². The maximum absolute atomic E-state index is 14.3. The Kier molecular flexibility index (Phi) is 10.1. The summed E-state index contributed by atoms with van der Waals surface area (Å²) >= 11 is 0. The van der Waals surface area contributed by atoms with Gasteiger partial charge in [-0.2, -0.15) is 0 Å². The first kappa shape index (κ1) is 31.5. The van der Waals surface area contributed by atoms with Crippen LogP contribution in [0.4, 0.5) is 10.1 Å². The molecule has 0 bridgehead atoms. The lowest BCUT2D eigenvalue weighted by Crippen LogP contribution is -2.31. The van der Waals surface area contributed by atoms with Crippen LogP contribution < -0.4 is 5.32 Å². The molecule has 1 aliphatic heterocycles. The van der Waals surface area contributed by atoms with Gasteiger partial charge in [-0.15, -0.1) is 0 Å². The fourth-order valence-corrected chi connectivity index (χ4v) is 6.47. The molecule has 46 heavy (non-hydrogen) atoms. The number of carbonyl (C=O) groups is 1. The first-order valence-electron chi connectivity index (χ1n) is 16.2. The van der Waals surface area contributed by atoms with Crippen molar-refractivity contribution in [1.29, 1.82) is 0 Å². The third kappa shape index (κ3) is 7.30. The zero-order valence-corrected chi connectivity index (χ0v) is 26.5. The summed E-state index contributed by atoms with van der Waals surface area (Å²) in [5, 5.41) is 3.15. The van der Waals surface area contributed by atoms with E-state index in [0.717, 1.165) is 58.6 Å². The smallest absolute Gasteiger partial charge is 0.258 e. The van der Waals surface area contributed by atoms with Gasteiger partial charge in [0, 0.05) is 30.1 Å². The number of hydrogen-bond donors (Lipinski definition) is 1. The Bertz CT molecular complexity index is 1720. The van der Waals surface area contributed by atoms with Crippen LogP contribution in [0.2, 0.25) is 0 Å². The molecular formula is C40H41FN2O3. The zero-order chi connectivity index (χ0) is 31.9. The maximum Gasteiger partial charge on any atom is 0.258 e. The summed E-state index contributed by atoms with van der Waals surface area (Å²) in [5.74, 6) is -0.437. The van der Waals surface area contributed by atoms with Crippen LogP contribution in [0.25, 0.3) is 22.4 Å². The Hall–Kier alpha value is -4.52. The van der Waals surface area contributed by atoms with E-state index >= 15 is 0 Å². The monoisotopic (exact) mass is 616 g/mol. The first-order chi connectivity index (χ1) is 22.5. The van der Waals surface area contributed by atoms with Gasteiger partial charge in [0.15, 0.2) is 0 Å². The highest BCUT2D eigenvalue weighted by atomic mass is 19.1. The van der Waals surface area contributed by atoms with Crippen molar-refractivity contribution in [3.05, 3.63) is 138 Å². The lowest BCUT2D eigenvalue weighted by molar-refractivity contribution is -0.0807. The molecule has 0 unspecified atom stereocenters.